The number of piperidine rings is 1. The SMILES string of the molecule is CCCCC(CC)Cn1c(=O)ccc2cnc(N(c3ccccc3)C3CCNCC3)nc21. The van der Waals surface area contributed by atoms with Crippen LogP contribution in [0.4, 0.5) is 11.6 Å². The fourth-order valence-corrected chi connectivity index (χ4v) is 4.67. The zero-order chi connectivity index (χ0) is 22.3. The normalized spacial score (nSPS) is 15.7. The smallest absolute Gasteiger partial charge is 0.252 e. The molecule has 1 N–H and O–H groups in total. The quantitative estimate of drug-likeness (QED) is 0.520. The Balaban J connectivity index is 1.77. The summed E-state index contributed by atoms with van der Waals surface area (Å²) >= 11 is 0. The fraction of sp³-hybridized carbons (Fsp3) is 0.500. The molecule has 1 saturated heterocycles. The molecule has 6 heteroatoms. The molecular formula is C26H35N5O. The highest BCUT2D eigenvalue weighted by Crippen LogP contribution is 2.29. The van der Waals surface area contributed by atoms with Crippen molar-refractivity contribution in [2.45, 2.75) is 65.0 Å². The number of unbranched alkanes of at least 4 members (excludes halogenated alkanes) is 1. The summed E-state index contributed by atoms with van der Waals surface area (Å²) in [4.78, 5) is 24.9. The van der Waals surface area contributed by atoms with Gasteiger partial charge in [-0.25, -0.2) is 4.98 Å². The molecule has 6 nitrogen and oxygen atoms in total. The Bertz CT molecular complexity index is 1060. The second-order valence-electron chi connectivity index (χ2n) is 8.83. The lowest BCUT2D eigenvalue weighted by molar-refractivity contribution is 0.390. The van der Waals surface area contributed by atoms with Crippen molar-refractivity contribution in [1.82, 2.24) is 19.9 Å². The molecule has 1 aliphatic rings. The minimum atomic E-state index is 0.0187. The Morgan fingerprint density at radius 1 is 1.12 bits per heavy atom. The van der Waals surface area contributed by atoms with Gasteiger partial charge in [0.25, 0.3) is 5.56 Å². The zero-order valence-corrected chi connectivity index (χ0v) is 19.3. The molecule has 1 aromatic carbocycles. The lowest BCUT2D eigenvalue weighted by Crippen LogP contribution is -2.41. The van der Waals surface area contributed by atoms with Crippen LogP contribution >= 0.6 is 0 Å². The summed E-state index contributed by atoms with van der Waals surface area (Å²) < 4.78 is 1.87. The number of pyridine rings is 1. The van der Waals surface area contributed by atoms with Gasteiger partial charge in [0.15, 0.2) is 0 Å². The summed E-state index contributed by atoms with van der Waals surface area (Å²) in [5, 5.41) is 4.36. The Labute approximate surface area is 190 Å². The monoisotopic (exact) mass is 433 g/mol. The standard InChI is InChI=1S/C26H35N5O/c1-3-5-9-20(4-2)19-30-24(32)13-12-21-18-28-26(29-25(21)30)31(22-10-7-6-8-11-22)23-14-16-27-17-15-23/h6-8,10-13,18,20,23,27H,3-5,9,14-17,19H2,1-2H3. The first-order valence-electron chi connectivity index (χ1n) is 12.1. The van der Waals surface area contributed by atoms with E-state index in [1.165, 1.54) is 12.8 Å². The first-order chi connectivity index (χ1) is 15.7. The average Bonchev–Trinajstić information content (AvgIpc) is 2.84. The van der Waals surface area contributed by atoms with Crippen molar-refractivity contribution in [2.24, 2.45) is 5.92 Å². The number of hydrogen-bond donors (Lipinski definition) is 1. The van der Waals surface area contributed by atoms with Crippen molar-refractivity contribution in [3.8, 4) is 0 Å². The fourth-order valence-electron chi connectivity index (χ4n) is 4.67. The number of nitrogens with zero attached hydrogens (tertiary/aromatic N) is 4. The zero-order valence-electron chi connectivity index (χ0n) is 19.3. The molecule has 0 spiro atoms. The van der Waals surface area contributed by atoms with Crippen LogP contribution in [-0.2, 0) is 6.54 Å². The molecule has 2 aromatic heterocycles. The minimum Gasteiger partial charge on any atom is -0.317 e. The number of nitrogens with one attached hydrogen (secondary N) is 1. The van der Waals surface area contributed by atoms with Gasteiger partial charge in [-0.2, -0.15) is 4.98 Å². The molecule has 1 unspecified atom stereocenters. The molecule has 3 heterocycles. The third kappa shape index (κ3) is 5.01. The predicted molar refractivity (Wildman–Crippen MR) is 132 cm³/mol. The van der Waals surface area contributed by atoms with Gasteiger partial charge in [0.2, 0.25) is 5.95 Å². The van der Waals surface area contributed by atoms with Gasteiger partial charge in [-0.05, 0) is 56.5 Å². The molecule has 0 saturated carbocycles. The first-order valence-corrected chi connectivity index (χ1v) is 12.1. The highest BCUT2D eigenvalue weighted by atomic mass is 16.1. The summed E-state index contributed by atoms with van der Waals surface area (Å²) in [5.41, 5.74) is 1.86. The first kappa shape index (κ1) is 22.5. The summed E-state index contributed by atoms with van der Waals surface area (Å²) in [7, 11) is 0. The molecule has 0 amide bonds. The summed E-state index contributed by atoms with van der Waals surface area (Å²) in [6.07, 6.45) is 8.51. The number of aromatic nitrogens is 3. The van der Waals surface area contributed by atoms with Gasteiger partial charge in [-0.3, -0.25) is 9.36 Å². The third-order valence-electron chi connectivity index (χ3n) is 6.62. The maximum atomic E-state index is 12.9. The van der Waals surface area contributed by atoms with Gasteiger partial charge in [0, 0.05) is 35.9 Å². The summed E-state index contributed by atoms with van der Waals surface area (Å²) in [6.45, 7) is 7.12. The van der Waals surface area contributed by atoms with E-state index in [0.717, 1.165) is 55.5 Å². The third-order valence-corrected chi connectivity index (χ3v) is 6.62. The van der Waals surface area contributed by atoms with E-state index >= 15 is 0 Å². The van der Waals surface area contributed by atoms with E-state index in [-0.39, 0.29) is 5.56 Å². The van der Waals surface area contributed by atoms with Gasteiger partial charge < -0.3 is 10.2 Å². The van der Waals surface area contributed by atoms with Gasteiger partial charge in [-0.15, -0.1) is 0 Å². The second-order valence-corrected chi connectivity index (χ2v) is 8.83. The molecule has 3 aromatic rings. The Morgan fingerprint density at radius 3 is 2.62 bits per heavy atom. The van der Waals surface area contributed by atoms with Gasteiger partial charge in [-0.1, -0.05) is 51.3 Å². The van der Waals surface area contributed by atoms with Crippen LogP contribution in [0.15, 0.2) is 53.5 Å². The largest absolute Gasteiger partial charge is 0.317 e. The number of rotatable bonds is 9. The van der Waals surface area contributed by atoms with Crippen LogP contribution in [0.3, 0.4) is 0 Å². The van der Waals surface area contributed by atoms with Crippen LogP contribution in [0.2, 0.25) is 0 Å². The van der Waals surface area contributed by atoms with Crippen LogP contribution in [-0.4, -0.2) is 33.7 Å². The molecule has 1 fully saturated rings. The number of hydrogen-bond acceptors (Lipinski definition) is 5. The number of benzene rings is 1. The summed E-state index contributed by atoms with van der Waals surface area (Å²) in [5.74, 6) is 1.16. The molecule has 4 rings (SSSR count). The van der Waals surface area contributed by atoms with Gasteiger partial charge in [0.1, 0.15) is 5.65 Å². The van der Waals surface area contributed by atoms with Crippen LogP contribution in [0.1, 0.15) is 52.4 Å². The molecule has 1 aliphatic heterocycles. The Morgan fingerprint density at radius 2 is 1.91 bits per heavy atom. The maximum Gasteiger partial charge on any atom is 0.252 e. The molecule has 32 heavy (non-hydrogen) atoms. The van der Waals surface area contributed by atoms with E-state index in [1.54, 1.807) is 6.07 Å². The van der Waals surface area contributed by atoms with E-state index in [9.17, 15) is 4.79 Å². The molecule has 0 bridgehead atoms. The number of anilines is 2. The van der Waals surface area contributed by atoms with Crippen molar-refractivity contribution in [3.05, 3.63) is 59.0 Å². The lowest BCUT2D eigenvalue weighted by atomic mass is 9.99. The predicted octanol–water partition coefficient (Wildman–Crippen LogP) is 4.90. The number of fused-ring (bicyclic) bond motifs is 1. The van der Waals surface area contributed by atoms with Gasteiger partial charge >= 0.3 is 0 Å². The van der Waals surface area contributed by atoms with Crippen molar-refractivity contribution >= 4 is 22.7 Å². The van der Waals surface area contributed by atoms with Crippen LogP contribution in [0.25, 0.3) is 11.0 Å². The molecule has 0 aliphatic carbocycles. The summed E-state index contributed by atoms with van der Waals surface area (Å²) in [6, 6.07) is 14.2. The van der Waals surface area contributed by atoms with Crippen molar-refractivity contribution in [1.29, 1.82) is 0 Å². The van der Waals surface area contributed by atoms with Crippen molar-refractivity contribution in [2.75, 3.05) is 18.0 Å². The van der Waals surface area contributed by atoms with Gasteiger partial charge in [0.05, 0.1) is 0 Å². The topological polar surface area (TPSA) is 63.1 Å². The maximum absolute atomic E-state index is 12.9. The molecule has 170 valence electrons. The Kier molecular flexibility index (Phi) is 7.53. The molecular weight excluding hydrogens is 398 g/mol. The highest BCUT2D eigenvalue weighted by Gasteiger charge is 2.25. The van der Waals surface area contributed by atoms with Crippen LogP contribution < -0.4 is 15.8 Å². The molecule has 0 radical (unpaired) electrons. The Hall–Kier alpha value is -2.73. The van der Waals surface area contributed by atoms with Crippen LogP contribution in [0.5, 0.6) is 0 Å². The minimum absolute atomic E-state index is 0.0187. The van der Waals surface area contributed by atoms with E-state index in [0.29, 0.717) is 24.5 Å². The molecule has 1 atom stereocenters. The van der Waals surface area contributed by atoms with E-state index in [1.807, 2.05) is 22.9 Å². The second kappa shape index (κ2) is 10.7. The van der Waals surface area contributed by atoms with E-state index < -0.39 is 0 Å². The van der Waals surface area contributed by atoms with E-state index in [2.05, 4.69) is 48.3 Å². The number of para-hydroxylation sites is 1. The average molecular weight is 434 g/mol. The van der Waals surface area contributed by atoms with Crippen molar-refractivity contribution in [3.63, 3.8) is 0 Å². The highest BCUT2D eigenvalue weighted by molar-refractivity contribution is 5.76. The van der Waals surface area contributed by atoms with E-state index in [4.69, 9.17) is 9.97 Å². The van der Waals surface area contributed by atoms with Crippen molar-refractivity contribution < 1.29 is 0 Å². The van der Waals surface area contributed by atoms with Crippen LogP contribution in [0, 0.1) is 5.92 Å². The lowest BCUT2D eigenvalue weighted by Gasteiger charge is -2.34.